The number of nitrogens with zero attached hydrogens (tertiary/aromatic N) is 1. The van der Waals surface area contributed by atoms with E-state index < -0.39 is 0 Å². The fraction of sp³-hybridized carbons (Fsp3) is 0.706. The molecule has 0 saturated carbocycles. The number of aromatic amines is 1. The number of H-pyrrole nitrogens is 1. The summed E-state index contributed by atoms with van der Waals surface area (Å²) >= 11 is 0. The third kappa shape index (κ3) is 3.74. The van der Waals surface area contributed by atoms with Crippen molar-refractivity contribution in [1.29, 1.82) is 0 Å². The Morgan fingerprint density at radius 3 is 2.95 bits per heavy atom. The number of hydrogen-bond acceptors (Lipinski definition) is 3. The van der Waals surface area contributed by atoms with Crippen LogP contribution in [0.25, 0.3) is 0 Å². The molecule has 0 bridgehead atoms. The van der Waals surface area contributed by atoms with Crippen molar-refractivity contribution in [1.82, 2.24) is 15.2 Å². The van der Waals surface area contributed by atoms with Gasteiger partial charge in [-0.3, -0.25) is 4.79 Å². The number of rotatable bonds is 5. The van der Waals surface area contributed by atoms with Gasteiger partial charge in [-0.1, -0.05) is 13.0 Å². The van der Waals surface area contributed by atoms with Crippen molar-refractivity contribution in [2.24, 2.45) is 5.92 Å². The molecule has 0 aromatic carbocycles. The highest BCUT2D eigenvalue weighted by atomic mass is 16.1. The summed E-state index contributed by atoms with van der Waals surface area (Å²) in [5.41, 5.74) is 2.46. The Balaban J connectivity index is 1.55. The molecule has 3 rings (SSSR count). The lowest BCUT2D eigenvalue weighted by Gasteiger charge is -2.28. The SMILES string of the molecule is CC(CNC1CCCc2[nH]c(=O)ccc21)CN1CCCC1. The van der Waals surface area contributed by atoms with Crippen LogP contribution in [0, 0.1) is 5.92 Å². The lowest BCUT2D eigenvalue weighted by molar-refractivity contribution is 0.275. The van der Waals surface area contributed by atoms with Gasteiger partial charge in [0.15, 0.2) is 0 Å². The third-order valence-corrected chi connectivity index (χ3v) is 4.81. The van der Waals surface area contributed by atoms with Gasteiger partial charge in [-0.05, 0) is 63.2 Å². The number of aryl methyl sites for hydroxylation is 1. The van der Waals surface area contributed by atoms with Gasteiger partial charge < -0.3 is 15.2 Å². The number of pyridine rings is 1. The van der Waals surface area contributed by atoms with E-state index in [4.69, 9.17) is 0 Å². The molecule has 4 heteroatoms. The zero-order valence-corrected chi connectivity index (χ0v) is 13.0. The van der Waals surface area contributed by atoms with Gasteiger partial charge in [0.2, 0.25) is 5.56 Å². The fourth-order valence-electron chi connectivity index (χ4n) is 3.73. The Hall–Kier alpha value is -1.13. The third-order valence-electron chi connectivity index (χ3n) is 4.81. The first-order chi connectivity index (χ1) is 10.2. The molecule has 21 heavy (non-hydrogen) atoms. The van der Waals surface area contributed by atoms with E-state index in [0.29, 0.717) is 12.0 Å². The normalized spacial score (nSPS) is 24.0. The maximum Gasteiger partial charge on any atom is 0.248 e. The van der Waals surface area contributed by atoms with Crippen molar-refractivity contribution >= 4 is 0 Å². The molecule has 116 valence electrons. The Morgan fingerprint density at radius 1 is 1.33 bits per heavy atom. The van der Waals surface area contributed by atoms with Gasteiger partial charge in [0.1, 0.15) is 0 Å². The van der Waals surface area contributed by atoms with Crippen LogP contribution < -0.4 is 10.9 Å². The summed E-state index contributed by atoms with van der Waals surface area (Å²) < 4.78 is 0. The van der Waals surface area contributed by atoms with E-state index in [1.165, 1.54) is 44.5 Å². The van der Waals surface area contributed by atoms with Crippen LogP contribution in [-0.2, 0) is 6.42 Å². The molecule has 1 aromatic rings. The first kappa shape index (κ1) is 14.8. The molecule has 2 N–H and O–H groups in total. The standard InChI is InChI=1S/C17H27N3O/c1-13(12-20-9-2-3-10-20)11-18-15-5-4-6-16-14(15)7-8-17(21)19-16/h7-8,13,15,18H,2-6,9-12H2,1H3,(H,19,21). The molecule has 2 aliphatic rings. The Morgan fingerprint density at radius 2 is 2.14 bits per heavy atom. The fourth-order valence-corrected chi connectivity index (χ4v) is 3.73. The van der Waals surface area contributed by atoms with Crippen molar-refractivity contribution in [2.45, 2.75) is 45.1 Å². The maximum atomic E-state index is 11.4. The van der Waals surface area contributed by atoms with Crippen molar-refractivity contribution in [3.63, 3.8) is 0 Å². The second-order valence-electron chi connectivity index (χ2n) is 6.72. The smallest absolute Gasteiger partial charge is 0.248 e. The Labute approximate surface area is 126 Å². The van der Waals surface area contributed by atoms with E-state index in [0.717, 1.165) is 25.1 Å². The first-order valence-corrected chi connectivity index (χ1v) is 8.40. The van der Waals surface area contributed by atoms with Crippen molar-refractivity contribution < 1.29 is 0 Å². The Bertz CT molecular complexity index is 519. The van der Waals surface area contributed by atoms with Crippen LogP contribution in [0.3, 0.4) is 0 Å². The van der Waals surface area contributed by atoms with Crippen LogP contribution in [0.5, 0.6) is 0 Å². The van der Waals surface area contributed by atoms with Crippen molar-refractivity contribution in [3.8, 4) is 0 Å². The first-order valence-electron chi connectivity index (χ1n) is 8.40. The van der Waals surface area contributed by atoms with E-state index >= 15 is 0 Å². The summed E-state index contributed by atoms with van der Waals surface area (Å²) in [4.78, 5) is 17.0. The van der Waals surface area contributed by atoms with Gasteiger partial charge >= 0.3 is 0 Å². The van der Waals surface area contributed by atoms with Gasteiger partial charge in [-0.25, -0.2) is 0 Å². The highest BCUT2D eigenvalue weighted by Gasteiger charge is 2.21. The largest absolute Gasteiger partial charge is 0.326 e. The van der Waals surface area contributed by atoms with E-state index in [1.54, 1.807) is 6.07 Å². The second-order valence-corrected chi connectivity index (χ2v) is 6.72. The number of aromatic nitrogens is 1. The molecule has 4 nitrogen and oxygen atoms in total. The number of likely N-dealkylation sites (tertiary alicyclic amines) is 1. The molecule has 1 aliphatic carbocycles. The van der Waals surface area contributed by atoms with E-state index in [9.17, 15) is 4.79 Å². The molecule has 2 atom stereocenters. The molecule has 0 radical (unpaired) electrons. The summed E-state index contributed by atoms with van der Waals surface area (Å²) in [6.07, 6.45) is 6.07. The topological polar surface area (TPSA) is 48.1 Å². The number of fused-ring (bicyclic) bond motifs is 1. The second kappa shape index (κ2) is 6.75. The molecule has 1 saturated heterocycles. The quantitative estimate of drug-likeness (QED) is 0.872. The predicted molar refractivity (Wildman–Crippen MR) is 85.6 cm³/mol. The van der Waals surface area contributed by atoms with Crippen molar-refractivity contribution in [3.05, 3.63) is 33.7 Å². The number of nitrogens with one attached hydrogen (secondary N) is 2. The zero-order valence-electron chi connectivity index (χ0n) is 13.0. The summed E-state index contributed by atoms with van der Waals surface area (Å²) in [5, 5.41) is 3.72. The number of hydrogen-bond donors (Lipinski definition) is 2. The molecule has 0 amide bonds. The molecular weight excluding hydrogens is 262 g/mol. The lowest BCUT2D eigenvalue weighted by Crippen LogP contribution is -2.35. The van der Waals surface area contributed by atoms with Gasteiger partial charge in [0.05, 0.1) is 0 Å². The van der Waals surface area contributed by atoms with Crippen molar-refractivity contribution in [2.75, 3.05) is 26.2 Å². The van der Waals surface area contributed by atoms with Crippen LogP contribution in [0.1, 0.15) is 49.9 Å². The van der Waals surface area contributed by atoms with E-state index in [2.05, 4.69) is 22.1 Å². The minimum absolute atomic E-state index is 0.0248. The van der Waals surface area contributed by atoms with E-state index in [1.807, 2.05) is 6.07 Å². The highest BCUT2D eigenvalue weighted by Crippen LogP contribution is 2.27. The van der Waals surface area contributed by atoms with Gasteiger partial charge in [-0.2, -0.15) is 0 Å². The highest BCUT2D eigenvalue weighted by molar-refractivity contribution is 5.26. The van der Waals surface area contributed by atoms with Gasteiger partial charge in [0, 0.05) is 24.3 Å². The van der Waals surface area contributed by atoms with Crippen LogP contribution in [0.15, 0.2) is 16.9 Å². The van der Waals surface area contributed by atoms with Gasteiger partial charge in [0.25, 0.3) is 0 Å². The average molecular weight is 289 g/mol. The molecular formula is C17H27N3O. The summed E-state index contributed by atoms with van der Waals surface area (Å²) in [7, 11) is 0. The summed E-state index contributed by atoms with van der Waals surface area (Å²) in [6.45, 7) is 7.15. The molecule has 1 fully saturated rings. The lowest BCUT2D eigenvalue weighted by atomic mass is 9.91. The minimum Gasteiger partial charge on any atom is -0.326 e. The molecule has 2 unspecified atom stereocenters. The van der Waals surface area contributed by atoms with Gasteiger partial charge in [-0.15, -0.1) is 0 Å². The zero-order chi connectivity index (χ0) is 14.7. The minimum atomic E-state index is 0.0248. The summed E-state index contributed by atoms with van der Waals surface area (Å²) in [5.74, 6) is 0.677. The Kier molecular flexibility index (Phi) is 4.76. The maximum absolute atomic E-state index is 11.4. The molecule has 0 spiro atoms. The van der Waals surface area contributed by atoms with Crippen LogP contribution in [-0.4, -0.2) is 36.1 Å². The van der Waals surface area contributed by atoms with Crippen LogP contribution in [0.4, 0.5) is 0 Å². The van der Waals surface area contributed by atoms with Crippen LogP contribution in [0.2, 0.25) is 0 Å². The van der Waals surface area contributed by atoms with Crippen LogP contribution >= 0.6 is 0 Å². The molecule has 1 aromatic heterocycles. The molecule has 2 heterocycles. The summed E-state index contributed by atoms with van der Waals surface area (Å²) in [6, 6.07) is 4.08. The predicted octanol–water partition coefficient (Wildman–Crippen LogP) is 2.07. The average Bonchev–Trinajstić information content (AvgIpc) is 2.97. The van der Waals surface area contributed by atoms with E-state index in [-0.39, 0.29) is 5.56 Å². The molecule has 1 aliphatic heterocycles. The monoisotopic (exact) mass is 289 g/mol.